The van der Waals surface area contributed by atoms with Crippen molar-refractivity contribution < 1.29 is 14.3 Å². The number of aromatic amines is 1. The van der Waals surface area contributed by atoms with Gasteiger partial charge in [-0.25, -0.2) is 9.78 Å². The summed E-state index contributed by atoms with van der Waals surface area (Å²) in [5.74, 6) is 0.726. The van der Waals surface area contributed by atoms with Gasteiger partial charge < -0.3 is 20.4 Å². The lowest BCUT2D eigenvalue weighted by Gasteiger charge is -2.19. The van der Waals surface area contributed by atoms with Crippen molar-refractivity contribution in [1.82, 2.24) is 20.6 Å². The number of alkyl carbamates (subject to hydrolysis) is 1. The molecule has 28 heavy (non-hydrogen) atoms. The first kappa shape index (κ1) is 22.2. The molecule has 3 N–H and O–H groups in total. The molecule has 152 valence electrons. The van der Waals surface area contributed by atoms with E-state index in [0.717, 1.165) is 29.9 Å². The average molecular weight is 498 g/mol. The van der Waals surface area contributed by atoms with Gasteiger partial charge in [0.15, 0.2) is 0 Å². The summed E-state index contributed by atoms with van der Waals surface area (Å²) >= 11 is 1.73. The molecule has 0 spiro atoms. The summed E-state index contributed by atoms with van der Waals surface area (Å²) in [6.45, 7) is 6.01. The van der Waals surface area contributed by atoms with E-state index in [1.807, 2.05) is 51.1 Å². The number of hydrogen-bond donors (Lipinski definition) is 3. The molecule has 0 saturated carbocycles. The minimum Gasteiger partial charge on any atom is -0.444 e. The molecule has 1 unspecified atom stereocenters. The van der Waals surface area contributed by atoms with Crippen molar-refractivity contribution in [1.29, 1.82) is 0 Å². The summed E-state index contributed by atoms with van der Waals surface area (Å²) in [5, 5.41) is 5.68. The van der Waals surface area contributed by atoms with Crippen molar-refractivity contribution in [2.45, 2.75) is 51.7 Å². The summed E-state index contributed by atoms with van der Waals surface area (Å²) in [6, 6.07) is 9.71. The number of imidazole rings is 1. The van der Waals surface area contributed by atoms with Crippen molar-refractivity contribution in [3.05, 3.63) is 42.4 Å². The van der Waals surface area contributed by atoms with E-state index in [4.69, 9.17) is 4.74 Å². The highest BCUT2D eigenvalue weighted by atomic mass is 127. The molecule has 0 aliphatic carbocycles. The van der Waals surface area contributed by atoms with Crippen LogP contribution in [-0.2, 0) is 4.74 Å². The van der Waals surface area contributed by atoms with E-state index >= 15 is 0 Å². The molecular weight excluding hydrogens is 471 g/mol. The van der Waals surface area contributed by atoms with Crippen molar-refractivity contribution in [2.24, 2.45) is 0 Å². The van der Waals surface area contributed by atoms with Crippen LogP contribution in [0.15, 0.2) is 36.5 Å². The van der Waals surface area contributed by atoms with Crippen LogP contribution in [-0.4, -0.2) is 32.1 Å². The van der Waals surface area contributed by atoms with E-state index < -0.39 is 11.7 Å². The van der Waals surface area contributed by atoms with Gasteiger partial charge in [0.25, 0.3) is 3.91 Å². The smallest absolute Gasteiger partial charge is 0.407 e. The number of unbranched alkanes of at least 4 members (excludes halogenated alkanes) is 1. The monoisotopic (exact) mass is 498 g/mol. The lowest BCUT2D eigenvalue weighted by Crippen LogP contribution is -2.33. The number of rotatable bonds is 8. The molecule has 0 aliphatic rings. The fraction of sp³-hybridized carbons (Fsp3) is 0.450. The minimum absolute atomic E-state index is 0.132. The molecule has 1 atom stereocenters. The first-order chi connectivity index (χ1) is 13.2. The van der Waals surface area contributed by atoms with Crippen LogP contribution in [0, 0.1) is 0 Å². The highest BCUT2D eigenvalue weighted by molar-refractivity contribution is 14.1. The fourth-order valence-electron chi connectivity index (χ4n) is 2.67. The summed E-state index contributed by atoms with van der Waals surface area (Å²) in [5.41, 5.74) is 1.45. The Morgan fingerprint density at radius 2 is 1.93 bits per heavy atom. The summed E-state index contributed by atoms with van der Waals surface area (Å²) < 4.78 is 5.08. The Bertz CT molecular complexity index is 771. The highest BCUT2D eigenvalue weighted by Gasteiger charge is 2.18. The van der Waals surface area contributed by atoms with E-state index in [-0.39, 0.29) is 9.96 Å². The molecule has 2 aromatic rings. The number of carbonyl (C=O) groups is 2. The number of H-pyrrole nitrogens is 1. The van der Waals surface area contributed by atoms with Crippen LogP contribution in [0.25, 0.3) is 11.3 Å². The molecular formula is C20H27IN4O3. The van der Waals surface area contributed by atoms with Gasteiger partial charge in [0.1, 0.15) is 11.4 Å². The van der Waals surface area contributed by atoms with Gasteiger partial charge in [-0.2, -0.15) is 0 Å². The number of nitrogens with one attached hydrogen (secondary N) is 3. The van der Waals surface area contributed by atoms with Crippen LogP contribution in [0.2, 0.25) is 0 Å². The van der Waals surface area contributed by atoms with E-state index in [2.05, 4.69) is 20.6 Å². The van der Waals surface area contributed by atoms with Gasteiger partial charge >= 0.3 is 6.09 Å². The van der Waals surface area contributed by atoms with Crippen LogP contribution in [0.5, 0.6) is 0 Å². The van der Waals surface area contributed by atoms with Crippen molar-refractivity contribution in [2.75, 3.05) is 6.54 Å². The fourth-order valence-corrected chi connectivity index (χ4v) is 3.05. The number of aromatic nitrogens is 2. The highest BCUT2D eigenvalue weighted by Crippen LogP contribution is 2.22. The Morgan fingerprint density at radius 3 is 2.57 bits per heavy atom. The summed E-state index contributed by atoms with van der Waals surface area (Å²) in [7, 11) is 0. The van der Waals surface area contributed by atoms with Crippen LogP contribution in [0.1, 0.15) is 51.9 Å². The second-order valence-electron chi connectivity index (χ2n) is 7.44. The normalized spacial score (nSPS) is 12.3. The van der Waals surface area contributed by atoms with Gasteiger partial charge in [-0.15, -0.1) is 0 Å². The maximum atomic E-state index is 11.7. The second kappa shape index (κ2) is 10.4. The number of nitrogens with zero attached hydrogens (tertiary/aromatic N) is 1. The molecule has 0 radical (unpaired) electrons. The zero-order valence-electron chi connectivity index (χ0n) is 16.4. The third-order valence-corrected chi connectivity index (χ3v) is 4.20. The quantitative estimate of drug-likeness (QED) is 0.208. The second-order valence-corrected chi connectivity index (χ2v) is 8.42. The summed E-state index contributed by atoms with van der Waals surface area (Å²) in [6.07, 6.45) is 3.67. The van der Waals surface area contributed by atoms with Gasteiger partial charge in [0, 0.05) is 29.1 Å². The van der Waals surface area contributed by atoms with Crippen molar-refractivity contribution in [3.63, 3.8) is 0 Å². The number of halogens is 1. The van der Waals surface area contributed by atoms with Crippen LogP contribution in [0.4, 0.5) is 9.59 Å². The largest absolute Gasteiger partial charge is 0.444 e. The zero-order valence-corrected chi connectivity index (χ0v) is 18.6. The molecule has 1 aromatic carbocycles. The Labute approximate surface area is 179 Å². The van der Waals surface area contributed by atoms with Gasteiger partial charge in [-0.05, 0) is 45.6 Å². The van der Waals surface area contributed by atoms with Gasteiger partial charge in [0.05, 0.1) is 17.9 Å². The molecule has 0 aliphatic heterocycles. The van der Waals surface area contributed by atoms with Crippen molar-refractivity contribution in [3.8, 4) is 11.3 Å². The maximum Gasteiger partial charge on any atom is 0.407 e. The van der Waals surface area contributed by atoms with E-state index in [9.17, 15) is 9.59 Å². The Balaban J connectivity index is 1.86. The standard InChI is InChI=1S/C20H27IN4O3/c1-20(2,3)28-19(27)22-12-8-7-11-15(25-18(21)26)17-23-13-16(24-17)14-9-5-4-6-10-14/h4-6,9-10,13,15H,7-8,11-12H2,1-3H3,(H,22,27)(H,23,24)(H,25,26). The minimum atomic E-state index is -0.504. The molecule has 2 rings (SSSR count). The number of carbonyl (C=O) groups excluding carboxylic acids is 2. The number of ether oxygens (including phenoxy) is 1. The molecule has 8 heteroatoms. The number of benzene rings is 1. The van der Waals surface area contributed by atoms with Crippen LogP contribution >= 0.6 is 22.6 Å². The maximum absolute atomic E-state index is 11.7. The number of amides is 2. The molecule has 0 saturated heterocycles. The number of hydrogen-bond acceptors (Lipinski definition) is 4. The Kier molecular flexibility index (Phi) is 8.28. The lowest BCUT2D eigenvalue weighted by atomic mass is 10.1. The third kappa shape index (κ3) is 7.87. The molecule has 0 bridgehead atoms. The van der Waals surface area contributed by atoms with Gasteiger partial charge in [-0.1, -0.05) is 30.3 Å². The predicted octanol–water partition coefficient (Wildman–Crippen LogP) is 4.96. The van der Waals surface area contributed by atoms with Gasteiger partial charge in [-0.3, -0.25) is 4.79 Å². The van der Waals surface area contributed by atoms with Crippen LogP contribution in [0.3, 0.4) is 0 Å². The van der Waals surface area contributed by atoms with E-state index in [1.54, 1.807) is 28.8 Å². The SMILES string of the molecule is CC(C)(C)OC(=O)NCCCCC(NC(=O)I)c1ncc(-c2ccccc2)[nH]1. The predicted molar refractivity (Wildman–Crippen MR) is 117 cm³/mol. The zero-order chi connectivity index (χ0) is 20.6. The molecule has 0 fully saturated rings. The first-order valence-corrected chi connectivity index (χ1v) is 10.4. The van der Waals surface area contributed by atoms with E-state index in [0.29, 0.717) is 13.0 Å². The first-order valence-electron chi connectivity index (χ1n) is 9.28. The molecule has 1 aromatic heterocycles. The Hall–Kier alpha value is -2.10. The van der Waals surface area contributed by atoms with Crippen molar-refractivity contribution >= 4 is 32.6 Å². The summed E-state index contributed by atoms with van der Waals surface area (Å²) in [4.78, 5) is 31.0. The molecule has 1 heterocycles. The lowest BCUT2D eigenvalue weighted by molar-refractivity contribution is 0.0527. The Morgan fingerprint density at radius 1 is 1.21 bits per heavy atom. The van der Waals surface area contributed by atoms with Crippen LogP contribution < -0.4 is 10.6 Å². The third-order valence-electron chi connectivity index (χ3n) is 3.89. The average Bonchev–Trinajstić information content (AvgIpc) is 3.09. The topological polar surface area (TPSA) is 96.1 Å². The molecule has 2 amide bonds. The molecule has 7 nitrogen and oxygen atoms in total. The van der Waals surface area contributed by atoms with Gasteiger partial charge in [0.2, 0.25) is 0 Å². The van der Waals surface area contributed by atoms with E-state index in [1.165, 1.54) is 0 Å².